The van der Waals surface area contributed by atoms with Crippen LogP contribution in [0.3, 0.4) is 0 Å². The Bertz CT molecular complexity index is 927. The number of rotatable bonds is 8. The molecule has 0 aliphatic carbocycles. The van der Waals surface area contributed by atoms with Crippen LogP contribution in [-0.2, 0) is 17.4 Å². The molecule has 0 spiro atoms. The molecule has 3 aromatic rings. The van der Waals surface area contributed by atoms with Gasteiger partial charge in [0.15, 0.2) is 0 Å². The van der Waals surface area contributed by atoms with Crippen LogP contribution >= 0.6 is 7.80 Å². The summed E-state index contributed by atoms with van der Waals surface area (Å²) in [5.74, 6) is 0. The molecule has 0 aromatic heterocycles. The second kappa shape index (κ2) is 12.7. The molecule has 0 aliphatic rings. The molecule has 0 bridgehead atoms. The Morgan fingerprint density at radius 3 is 1.32 bits per heavy atom. The molecule has 0 N–H and O–H groups in total. The van der Waals surface area contributed by atoms with Crippen LogP contribution in [0.5, 0.6) is 0 Å². The minimum atomic E-state index is -2.62. The lowest BCUT2D eigenvalue weighted by Crippen LogP contribution is -2.02. The maximum absolute atomic E-state index is 12.3. The van der Waals surface area contributed by atoms with Crippen molar-refractivity contribution in [2.24, 2.45) is 0 Å². The monoisotopic (exact) mass is 433 g/mol. The van der Waals surface area contributed by atoms with Crippen LogP contribution in [0, 0.1) is 6.92 Å². The minimum absolute atomic E-state index is 0.326. The average molecular weight is 434 g/mol. The predicted molar refractivity (Wildman–Crippen MR) is 128 cm³/mol. The summed E-state index contributed by atoms with van der Waals surface area (Å²) in [5, 5.41) is 0. The highest BCUT2D eigenvalue weighted by atomic mass is 31.1. The van der Waals surface area contributed by atoms with Crippen molar-refractivity contribution >= 4 is 18.8 Å². The number of aryl methyl sites for hydroxylation is 3. The summed E-state index contributed by atoms with van der Waals surface area (Å²) in [6.07, 6.45) is 3.91. The van der Waals surface area contributed by atoms with E-state index in [1.165, 1.54) is 5.56 Å². The van der Waals surface area contributed by atoms with Gasteiger partial charge in [-0.25, -0.2) is 9.59 Å². The van der Waals surface area contributed by atoms with Crippen molar-refractivity contribution in [2.75, 3.05) is 0 Å². The van der Waals surface area contributed by atoms with E-state index in [9.17, 15) is 14.2 Å². The number of benzene rings is 3. The molecule has 0 amide bonds. The standard InChI is InChI=1S/C20H22O3P.C7H8/c1-3-5-15-7-11-17(12-8-15)19(21)24(23)20(22)18-13-9-16(6-4-2)10-14-18;1-7-5-3-2-4-6-7/h7-14H,3-6H2,1-2H3;2-6H,1H3/q+1;. The summed E-state index contributed by atoms with van der Waals surface area (Å²) < 4.78 is 12.3. The molecule has 0 atom stereocenters. The number of hydrogen-bond donors (Lipinski definition) is 0. The largest absolute Gasteiger partial charge is 0.501 e. The van der Waals surface area contributed by atoms with E-state index in [1.54, 1.807) is 24.3 Å². The lowest BCUT2D eigenvalue weighted by atomic mass is 10.1. The average Bonchev–Trinajstić information content (AvgIpc) is 2.80. The molecular formula is C27H30O3P+. The highest BCUT2D eigenvalue weighted by Gasteiger charge is 2.39. The van der Waals surface area contributed by atoms with Gasteiger partial charge in [0.05, 0.1) is 11.1 Å². The molecule has 31 heavy (non-hydrogen) atoms. The van der Waals surface area contributed by atoms with Gasteiger partial charge in [0, 0.05) is 0 Å². The maximum atomic E-state index is 12.3. The summed E-state index contributed by atoms with van der Waals surface area (Å²) in [6.45, 7) is 6.25. The summed E-state index contributed by atoms with van der Waals surface area (Å²) in [4.78, 5) is 24.6. The van der Waals surface area contributed by atoms with Crippen LogP contribution < -0.4 is 0 Å². The SMILES string of the molecule is CCCc1ccc(C(=O)[P+](=O)C(=O)c2ccc(CCC)cc2)cc1.Cc1ccccc1. The molecule has 3 nitrogen and oxygen atoms in total. The van der Waals surface area contributed by atoms with E-state index in [0.717, 1.165) is 36.8 Å². The van der Waals surface area contributed by atoms with Crippen molar-refractivity contribution in [3.8, 4) is 0 Å². The Balaban J connectivity index is 0.000000412. The van der Waals surface area contributed by atoms with Gasteiger partial charge in [-0.2, -0.15) is 0 Å². The van der Waals surface area contributed by atoms with Crippen LogP contribution in [0.15, 0.2) is 78.9 Å². The third kappa shape index (κ3) is 7.70. The molecule has 0 saturated heterocycles. The zero-order valence-electron chi connectivity index (χ0n) is 18.5. The third-order valence-electron chi connectivity index (χ3n) is 4.79. The van der Waals surface area contributed by atoms with E-state index in [-0.39, 0.29) is 0 Å². The fraction of sp³-hybridized carbons (Fsp3) is 0.259. The molecule has 0 heterocycles. The summed E-state index contributed by atoms with van der Waals surface area (Å²) in [6, 6.07) is 24.3. The normalized spacial score (nSPS) is 10.0. The van der Waals surface area contributed by atoms with Gasteiger partial charge in [-0.05, 0) is 55.2 Å². The van der Waals surface area contributed by atoms with Gasteiger partial charge < -0.3 is 0 Å². The van der Waals surface area contributed by atoms with Crippen molar-refractivity contribution < 1.29 is 14.2 Å². The van der Waals surface area contributed by atoms with Gasteiger partial charge >= 0.3 is 18.8 Å². The quantitative estimate of drug-likeness (QED) is 0.348. The van der Waals surface area contributed by atoms with Crippen molar-refractivity contribution in [3.05, 3.63) is 107 Å². The molecule has 0 aliphatic heterocycles. The molecule has 0 saturated carbocycles. The van der Waals surface area contributed by atoms with Gasteiger partial charge in [-0.1, -0.05) is 91.4 Å². The minimum Gasteiger partial charge on any atom is -0.234 e. The second-order valence-electron chi connectivity index (χ2n) is 7.45. The first-order valence-corrected chi connectivity index (χ1v) is 12.0. The number of carbonyl (C=O) groups is 2. The number of hydrogen-bond acceptors (Lipinski definition) is 3. The fourth-order valence-corrected chi connectivity index (χ4v) is 4.02. The van der Waals surface area contributed by atoms with Gasteiger partial charge in [0.25, 0.3) is 0 Å². The molecule has 3 rings (SSSR count). The summed E-state index contributed by atoms with van der Waals surface area (Å²) >= 11 is 0. The summed E-state index contributed by atoms with van der Waals surface area (Å²) in [5.41, 5.74) is 3.02. The van der Waals surface area contributed by atoms with Crippen molar-refractivity contribution in [1.82, 2.24) is 0 Å². The summed E-state index contributed by atoms with van der Waals surface area (Å²) in [7, 11) is -2.62. The Morgan fingerprint density at radius 1 is 0.645 bits per heavy atom. The van der Waals surface area contributed by atoms with Crippen molar-refractivity contribution in [2.45, 2.75) is 46.5 Å². The smallest absolute Gasteiger partial charge is 0.234 e. The molecule has 3 aromatic carbocycles. The van der Waals surface area contributed by atoms with E-state index in [4.69, 9.17) is 0 Å². The van der Waals surface area contributed by atoms with Crippen LogP contribution in [0.2, 0.25) is 0 Å². The Hall–Kier alpha value is -2.90. The van der Waals surface area contributed by atoms with E-state index in [0.29, 0.717) is 11.1 Å². The van der Waals surface area contributed by atoms with E-state index in [2.05, 4.69) is 32.9 Å². The third-order valence-corrected chi connectivity index (χ3v) is 6.04. The predicted octanol–water partition coefficient (Wildman–Crippen LogP) is 7.39. The first-order chi connectivity index (χ1) is 15.0. The number of carbonyl (C=O) groups excluding carboxylic acids is 2. The van der Waals surface area contributed by atoms with Gasteiger partial charge in [-0.3, -0.25) is 0 Å². The molecule has 4 heteroatoms. The Kier molecular flexibility index (Phi) is 10.00. The topological polar surface area (TPSA) is 51.2 Å². The van der Waals surface area contributed by atoms with E-state index >= 15 is 0 Å². The van der Waals surface area contributed by atoms with Crippen molar-refractivity contribution in [1.29, 1.82) is 0 Å². The van der Waals surface area contributed by atoms with Gasteiger partial charge in [-0.15, -0.1) is 0 Å². The lowest BCUT2D eigenvalue weighted by Gasteiger charge is -1.99. The molecule has 0 unspecified atom stereocenters. The highest BCUT2D eigenvalue weighted by molar-refractivity contribution is 7.80. The van der Waals surface area contributed by atoms with Crippen LogP contribution in [0.1, 0.15) is 64.1 Å². The molecule has 160 valence electrons. The fourth-order valence-electron chi connectivity index (χ4n) is 3.07. The van der Waals surface area contributed by atoms with Crippen LogP contribution in [0.4, 0.5) is 0 Å². The zero-order valence-corrected chi connectivity index (χ0v) is 19.4. The highest BCUT2D eigenvalue weighted by Crippen LogP contribution is 2.31. The second-order valence-corrected chi connectivity index (χ2v) is 8.85. The maximum Gasteiger partial charge on any atom is 0.501 e. The van der Waals surface area contributed by atoms with E-state index < -0.39 is 18.8 Å². The van der Waals surface area contributed by atoms with Crippen LogP contribution in [0.25, 0.3) is 0 Å². The molecule has 0 fully saturated rings. The molecule has 0 radical (unpaired) electrons. The van der Waals surface area contributed by atoms with Crippen LogP contribution in [-0.4, -0.2) is 11.0 Å². The lowest BCUT2D eigenvalue weighted by molar-refractivity contribution is 0.104. The van der Waals surface area contributed by atoms with Gasteiger partial charge in [0.1, 0.15) is 0 Å². The Morgan fingerprint density at radius 2 is 1.03 bits per heavy atom. The van der Waals surface area contributed by atoms with Gasteiger partial charge in [0.2, 0.25) is 0 Å². The first-order valence-electron chi connectivity index (χ1n) is 10.7. The Labute approximate surface area is 186 Å². The zero-order chi connectivity index (χ0) is 22.6. The van der Waals surface area contributed by atoms with Crippen molar-refractivity contribution in [3.63, 3.8) is 0 Å². The molecular weight excluding hydrogens is 403 g/mol. The first kappa shape index (κ1) is 24.4. The van der Waals surface area contributed by atoms with E-state index in [1.807, 2.05) is 42.5 Å².